The molecule has 0 aromatic heterocycles. The molecule has 1 rings (SSSR count). The van der Waals surface area contributed by atoms with Gasteiger partial charge < -0.3 is 9.84 Å². The fourth-order valence-electron chi connectivity index (χ4n) is 1.58. The maximum atomic E-state index is 11.0. The van der Waals surface area contributed by atoms with Gasteiger partial charge in [-0.15, -0.1) is 0 Å². The fourth-order valence-corrected chi connectivity index (χ4v) is 1.87. The summed E-state index contributed by atoms with van der Waals surface area (Å²) in [5.41, 5.74) is 0.872. The van der Waals surface area contributed by atoms with Gasteiger partial charge in [-0.3, -0.25) is 10.1 Å². The number of rotatable bonds is 6. The second kappa shape index (κ2) is 6.59. The molecule has 5 heteroatoms. The van der Waals surface area contributed by atoms with E-state index in [2.05, 4.69) is 5.32 Å². The van der Waals surface area contributed by atoms with Crippen LogP contribution >= 0.6 is 11.6 Å². The first-order chi connectivity index (χ1) is 8.06. The molecule has 2 N–H and O–H groups in total. The second-order valence-electron chi connectivity index (χ2n) is 3.76. The third-order valence-corrected chi connectivity index (χ3v) is 2.80. The van der Waals surface area contributed by atoms with Gasteiger partial charge in [-0.1, -0.05) is 29.8 Å². The number of carboxylic acid groups (broad SMARTS) is 1. The van der Waals surface area contributed by atoms with Crippen molar-refractivity contribution in [1.29, 1.82) is 0 Å². The largest absolute Gasteiger partial charge is 0.480 e. The Kier molecular flexibility index (Phi) is 5.41. The van der Waals surface area contributed by atoms with Crippen LogP contribution in [0.1, 0.15) is 18.5 Å². The number of hydrogen-bond acceptors (Lipinski definition) is 3. The summed E-state index contributed by atoms with van der Waals surface area (Å²) in [6, 6.07) is 6.45. The topological polar surface area (TPSA) is 58.6 Å². The third kappa shape index (κ3) is 4.00. The highest BCUT2D eigenvalue weighted by Gasteiger charge is 2.20. The van der Waals surface area contributed by atoms with Crippen molar-refractivity contribution in [2.24, 2.45) is 0 Å². The van der Waals surface area contributed by atoms with Crippen LogP contribution in [-0.2, 0) is 9.53 Å². The summed E-state index contributed by atoms with van der Waals surface area (Å²) in [5, 5.41) is 12.6. The van der Waals surface area contributed by atoms with Gasteiger partial charge in [-0.2, -0.15) is 0 Å². The van der Waals surface area contributed by atoms with Crippen molar-refractivity contribution in [3.63, 3.8) is 0 Å². The molecule has 0 heterocycles. The van der Waals surface area contributed by atoms with Crippen molar-refractivity contribution in [3.05, 3.63) is 34.9 Å². The summed E-state index contributed by atoms with van der Waals surface area (Å²) in [5.74, 6) is -0.939. The normalized spacial score (nSPS) is 14.3. The summed E-state index contributed by atoms with van der Waals surface area (Å²) in [4.78, 5) is 11.0. The predicted molar refractivity (Wildman–Crippen MR) is 66.3 cm³/mol. The molecular weight excluding hydrogens is 242 g/mol. The second-order valence-corrected chi connectivity index (χ2v) is 4.16. The van der Waals surface area contributed by atoms with Crippen molar-refractivity contribution < 1.29 is 14.6 Å². The van der Waals surface area contributed by atoms with Crippen molar-refractivity contribution in [2.45, 2.75) is 19.0 Å². The molecular formula is C12H16ClNO3. The molecule has 1 unspecified atom stereocenters. The van der Waals surface area contributed by atoms with E-state index in [1.165, 1.54) is 7.11 Å². The summed E-state index contributed by atoms with van der Waals surface area (Å²) >= 11 is 6.04. The maximum absolute atomic E-state index is 11.0. The molecule has 0 saturated heterocycles. The third-order valence-electron chi connectivity index (χ3n) is 2.45. The van der Waals surface area contributed by atoms with Gasteiger partial charge in [0.1, 0.15) is 6.04 Å². The minimum Gasteiger partial charge on any atom is -0.480 e. The highest BCUT2D eigenvalue weighted by molar-refractivity contribution is 6.31. The van der Waals surface area contributed by atoms with Crippen LogP contribution in [0, 0.1) is 0 Å². The number of hydrogen-bond donors (Lipinski definition) is 2. The smallest absolute Gasteiger partial charge is 0.323 e. The van der Waals surface area contributed by atoms with Crippen molar-refractivity contribution in [3.8, 4) is 0 Å². The van der Waals surface area contributed by atoms with Crippen molar-refractivity contribution in [1.82, 2.24) is 5.32 Å². The van der Waals surface area contributed by atoms with E-state index in [1.54, 1.807) is 6.07 Å². The molecule has 0 aliphatic rings. The Hall–Kier alpha value is -1.10. The number of carbonyl (C=O) groups is 1. The van der Waals surface area contributed by atoms with Crippen LogP contribution in [-0.4, -0.2) is 30.8 Å². The van der Waals surface area contributed by atoms with E-state index in [1.807, 2.05) is 25.1 Å². The van der Waals surface area contributed by atoms with Crippen molar-refractivity contribution >= 4 is 17.6 Å². The molecule has 1 aromatic rings. The molecule has 0 radical (unpaired) electrons. The molecule has 0 amide bonds. The van der Waals surface area contributed by atoms with Crippen LogP contribution < -0.4 is 5.32 Å². The van der Waals surface area contributed by atoms with Gasteiger partial charge in [-0.05, 0) is 18.6 Å². The van der Waals surface area contributed by atoms with E-state index in [-0.39, 0.29) is 12.6 Å². The Morgan fingerprint density at radius 3 is 2.71 bits per heavy atom. The number of aliphatic carboxylic acids is 1. The van der Waals surface area contributed by atoms with E-state index in [0.29, 0.717) is 5.02 Å². The monoisotopic (exact) mass is 257 g/mol. The Labute approximate surface area is 106 Å². The number of ether oxygens (including phenoxy) is 1. The quantitative estimate of drug-likeness (QED) is 0.819. The lowest BCUT2D eigenvalue weighted by Gasteiger charge is -2.20. The van der Waals surface area contributed by atoms with E-state index in [9.17, 15) is 4.79 Å². The summed E-state index contributed by atoms with van der Waals surface area (Å²) in [6.45, 7) is 1.98. The molecule has 0 spiro atoms. The number of methoxy groups -OCH3 is 1. The fraction of sp³-hybridized carbons (Fsp3) is 0.417. The standard InChI is InChI=1S/C12H16ClNO3/c1-8(9-5-3-4-6-10(9)13)14-11(7-17-2)12(15)16/h3-6,8,11,14H,7H2,1-2H3,(H,15,16)/t8-,11?/m0/s1. The van der Waals surface area contributed by atoms with Crippen LogP contribution in [0.25, 0.3) is 0 Å². The van der Waals surface area contributed by atoms with Crippen molar-refractivity contribution in [2.75, 3.05) is 13.7 Å². The molecule has 94 valence electrons. The minimum absolute atomic E-state index is 0.115. The van der Waals surface area contributed by atoms with Crippen LogP contribution in [0.2, 0.25) is 5.02 Å². The van der Waals surface area contributed by atoms with E-state index in [4.69, 9.17) is 21.4 Å². The molecule has 17 heavy (non-hydrogen) atoms. The first-order valence-electron chi connectivity index (χ1n) is 5.28. The molecule has 0 saturated carbocycles. The lowest BCUT2D eigenvalue weighted by atomic mass is 10.1. The molecule has 1 aromatic carbocycles. The van der Waals surface area contributed by atoms with Gasteiger partial charge in [-0.25, -0.2) is 0 Å². The molecule has 0 bridgehead atoms. The van der Waals surface area contributed by atoms with Gasteiger partial charge >= 0.3 is 5.97 Å². The average Bonchev–Trinajstić information content (AvgIpc) is 2.28. The van der Waals surface area contributed by atoms with Crippen LogP contribution in [0.5, 0.6) is 0 Å². The van der Waals surface area contributed by atoms with Crippen LogP contribution in [0.3, 0.4) is 0 Å². The maximum Gasteiger partial charge on any atom is 0.323 e. The summed E-state index contributed by atoms with van der Waals surface area (Å²) < 4.78 is 4.86. The Morgan fingerprint density at radius 1 is 1.53 bits per heavy atom. The highest BCUT2D eigenvalue weighted by Crippen LogP contribution is 2.22. The minimum atomic E-state index is -0.939. The molecule has 2 atom stereocenters. The van der Waals surface area contributed by atoms with E-state index < -0.39 is 12.0 Å². The molecule has 0 aliphatic heterocycles. The summed E-state index contributed by atoms with van der Waals surface area (Å²) in [6.07, 6.45) is 0. The van der Waals surface area contributed by atoms with Gasteiger partial charge in [0.15, 0.2) is 0 Å². The van der Waals surface area contributed by atoms with E-state index >= 15 is 0 Å². The Morgan fingerprint density at radius 2 is 2.18 bits per heavy atom. The lowest BCUT2D eigenvalue weighted by molar-refractivity contribution is -0.141. The molecule has 0 aliphatic carbocycles. The zero-order valence-corrected chi connectivity index (χ0v) is 10.6. The van der Waals surface area contributed by atoms with Crippen LogP contribution in [0.4, 0.5) is 0 Å². The van der Waals surface area contributed by atoms with Gasteiger partial charge in [0.05, 0.1) is 6.61 Å². The number of benzene rings is 1. The highest BCUT2D eigenvalue weighted by atomic mass is 35.5. The average molecular weight is 258 g/mol. The zero-order valence-electron chi connectivity index (χ0n) is 9.81. The van der Waals surface area contributed by atoms with Gasteiger partial charge in [0.2, 0.25) is 0 Å². The molecule has 0 fully saturated rings. The summed E-state index contributed by atoms with van der Waals surface area (Å²) in [7, 11) is 1.47. The van der Waals surface area contributed by atoms with E-state index in [0.717, 1.165) is 5.56 Å². The SMILES string of the molecule is COCC(N[C@@H](C)c1ccccc1Cl)C(=O)O. The number of carboxylic acids is 1. The zero-order chi connectivity index (χ0) is 12.8. The van der Waals surface area contributed by atoms with Gasteiger partial charge in [0.25, 0.3) is 0 Å². The molecule has 4 nitrogen and oxygen atoms in total. The first-order valence-corrected chi connectivity index (χ1v) is 5.66. The number of nitrogens with one attached hydrogen (secondary N) is 1. The Balaban J connectivity index is 2.73. The lowest BCUT2D eigenvalue weighted by Crippen LogP contribution is -2.41. The van der Waals surface area contributed by atoms with Gasteiger partial charge in [0, 0.05) is 18.2 Å². The Bertz CT molecular complexity index is 384. The first kappa shape index (κ1) is 14.0. The predicted octanol–water partition coefficient (Wildman–Crippen LogP) is 2.09. The van der Waals surface area contributed by atoms with Crippen LogP contribution in [0.15, 0.2) is 24.3 Å². The number of halogens is 1.